The molecule has 16 heavy (non-hydrogen) atoms. The van der Waals surface area contributed by atoms with Gasteiger partial charge in [0, 0.05) is 0 Å². The van der Waals surface area contributed by atoms with Crippen LogP contribution in [0.4, 0.5) is 0 Å². The molecule has 0 bridgehead atoms. The van der Waals surface area contributed by atoms with Crippen molar-refractivity contribution in [2.75, 3.05) is 6.61 Å². The van der Waals surface area contributed by atoms with Gasteiger partial charge in [0.1, 0.15) is 0 Å². The van der Waals surface area contributed by atoms with Crippen molar-refractivity contribution in [1.29, 1.82) is 0 Å². The molecule has 0 amide bonds. The van der Waals surface area contributed by atoms with Gasteiger partial charge >= 0.3 is 5.97 Å². The van der Waals surface area contributed by atoms with Gasteiger partial charge in [-0.1, -0.05) is 20.8 Å². The molecule has 0 N–H and O–H groups in total. The number of epoxide rings is 1. The molecule has 0 radical (unpaired) electrons. The predicted molar refractivity (Wildman–Crippen MR) is 61.0 cm³/mol. The molecule has 0 aromatic heterocycles. The van der Waals surface area contributed by atoms with Crippen LogP contribution < -0.4 is 0 Å². The number of esters is 1. The summed E-state index contributed by atoms with van der Waals surface area (Å²) in [6.07, 6.45) is 4.37. The van der Waals surface area contributed by atoms with Crippen molar-refractivity contribution >= 4 is 5.97 Å². The van der Waals surface area contributed by atoms with E-state index in [4.69, 9.17) is 9.47 Å². The Morgan fingerprint density at radius 2 is 2.06 bits per heavy atom. The minimum Gasteiger partial charge on any atom is -0.465 e. The van der Waals surface area contributed by atoms with Crippen molar-refractivity contribution in [3.8, 4) is 0 Å². The quantitative estimate of drug-likeness (QED) is 0.545. The van der Waals surface area contributed by atoms with Crippen molar-refractivity contribution in [3.05, 3.63) is 0 Å². The fourth-order valence-corrected chi connectivity index (χ4v) is 2.24. The molecule has 1 saturated carbocycles. The number of carbonyl (C=O) groups is 1. The summed E-state index contributed by atoms with van der Waals surface area (Å²) in [4.78, 5) is 11.7. The molecule has 4 atom stereocenters. The highest BCUT2D eigenvalue weighted by molar-refractivity contribution is 5.72. The number of fused-ring (bicyclic) bond motifs is 1. The summed E-state index contributed by atoms with van der Waals surface area (Å²) in [5.41, 5.74) is 0. The van der Waals surface area contributed by atoms with E-state index < -0.39 is 0 Å². The molecule has 3 heteroatoms. The normalized spacial score (nSPS) is 34.4. The lowest BCUT2D eigenvalue weighted by Gasteiger charge is -2.20. The first-order chi connectivity index (χ1) is 7.58. The van der Waals surface area contributed by atoms with E-state index in [1.165, 1.54) is 0 Å². The first-order valence-electron chi connectivity index (χ1n) is 6.40. The second-order valence-electron chi connectivity index (χ2n) is 5.55. The van der Waals surface area contributed by atoms with Gasteiger partial charge in [-0.05, 0) is 31.1 Å². The van der Waals surface area contributed by atoms with E-state index in [1.54, 1.807) is 0 Å². The Balaban J connectivity index is 1.68. The lowest BCUT2D eigenvalue weighted by Crippen LogP contribution is -2.25. The molecule has 0 aromatic rings. The highest BCUT2D eigenvalue weighted by atomic mass is 16.6. The van der Waals surface area contributed by atoms with Gasteiger partial charge in [-0.2, -0.15) is 0 Å². The average Bonchev–Trinajstić information content (AvgIpc) is 3.02. The van der Waals surface area contributed by atoms with E-state index >= 15 is 0 Å². The smallest absolute Gasteiger partial charge is 0.308 e. The number of ether oxygens (including phenoxy) is 2. The summed E-state index contributed by atoms with van der Waals surface area (Å²) in [7, 11) is 0. The van der Waals surface area contributed by atoms with Crippen molar-refractivity contribution in [3.63, 3.8) is 0 Å². The van der Waals surface area contributed by atoms with Gasteiger partial charge < -0.3 is 9.47 Å². The number of rotatable bonds is 4. The van der Waals surface area contributed by atoms with E-state index in [2.05, 4.69) is 13.8 Å². The highest BCUT2D eigenvalue weighted by Crippen LogP contribution is 2.39. The zero-order chi connectivity index (χ0) is 11.7. The summed E-state index contributed by atoms with van der Waals surface area (Å²) in [5.74, 6) is 0.837. The number of hydrogen-bond acceptors (Lipinski definition) is 3. The Kier molecular flexibility index (Phi) is 3.53. The maximum absolute atomic E-state index is 11.7. The van der Waals surface area contributed by atoms with Gasteiger partial charge in [0.2, 0.25) is 0 Å². The monoisotopic (exact) mass is 226 g/mol. The maximum Gasteiger partial charge on any atom is 0.308 e. The topological polar surface area (TPSA) is 38.8 Å². The molecule has 1 aliphatic heterocycles. The molecular formula is C13H22O3. The van der Waals surface area contributed by atoms with Crippen LogP contribution in [-0.2, 0) is 14.3 Å². The molecule has 3 nitrogen and oxygen atoms in total. The molecule has 2 rings (SSSR count). The Morgan fingerprint density at radius 1 is 1.31 bits per heavy atom. The predicted octanol–water partition coefficient (Wildman–Crippen LogP) is 2.39. The standard InChI is InChI=1S/C13H22O3/c1-8(2)9(3)13(14)15-7-10-4-5-11-12(6-10)16-11/h8-12H,4-7H2,1-3H3. The Bertz CT molecular complexity index is 262. The van der Waals surface area contributed by atoms with Crippen LogP contribution in [-0.4, -0.2) is 24.8 Å². The first kappa shape index (κ1) is 11.9. The SMILES string of the molecule is CC(C)C(C)C(=O)OCC1CCC2OC2C1. The van der Waals surface area contributed by atoms with E-state index in [0.717, 1.165) is 19.3 Å². The van der Waals surface area contributed by atoms with E-state index in [0.29, 0.717) is 30.7 Å². The fraction of sp³-hybridized carbons (Fsp3) is 0.923. The first-order valence-corrected chi connectivity index (χ1v) is 6.40. The Labute approximate surface area is 97.5 Å². The molecule has 0 aromatic carbocycles. The zero-order valence-corrected chi connectivity index (χ0v) is 10.4. The number of carbonyl (C=O) groups excluding carboxylic acids is 1. The molecule has 1 saturated heterocycles. The maximum atomic E-state index is 11.7. The van der Waals surface area contributed by atoms with Crippen LogP contribution in [0.5, 0.6) is 0 Å². The second-order valence-corrected chi connectivity index (χ2v) is 5.55. The summed E-state index contributed by atoms with van der Waals surface area (Å²) in [6, 6.07) is 0. The van der Waals surface area contributed by atoms with E-state index in [9.17, 15) is 4.79 Å². The highest BCUT2D eigenvalue weighted by Gasteiger charge is 2.44. The van der Waals surface area contributed by atoms with Crippen LogP contribution in [0.25, 0.3) is 0 Å². The molecule has 4 unspecified atom stereocenters. The van der Waals surface area contributed by atoms with Crippen LogP contribution in [0.15, 0.2) is 0 Å². The largest absolute Gasteiger partial charge is 0.465 e. The van der Waals surface area contributed by atoms with Crippen LogP contribution >= 0.6 is 0 Å². The van der Waals surface area contributed by atoms with Gasteiger partial charge in [-0.3, -0.25) is 4.79 Å². The van der Waals surface area contributed by atoms with Gasteiger partial charge in [0.25, 0.3) is 0 Å². The van der Waals surface area contributed by atoms with Crippen LogP contribution in [0, 0.1) is 17.8 Å². The zero-order valence-electron chi connectivity index (χ0n) is 10.4. The van der Waals surface area contributed by atoms with Crippen LogP contribution in [0.1, 0.15) is 40.0 Å². The van der Waals surface area contributed by atoms with Crippen molar-refractivity contribution in [2.45, 2.75) is 52.2 Å². The summed E-state index contributed by atoms with van der Waals surface area (Å²) >= 11 is 0. The molecular weight excluding hydrogens is 204 g/mol. The van der Waals surface area contributed by atoms with Gasteiger partial charge in [0.15, 0.2) is 0 Å². The molecule has 1 aliphatic carbocycles. The van der Waals surface area contributed by atoms with Crippen LogP contribution in [0.3, 0.4) is 0 Å². The molecule has 2 fully saturated rings. The summed E-state index contributed by atoms with van der Waals surface area (Å²) in [6.45, 7) is 6.63. The fourth-order valence-electron chi connectivity index (χ4n) is 2.24. The summed E-state index contributed by atoms with van der Waals surface area (Å²) < 4.78 is 10.8. The molecule has 2 aliphatic rings. The minimum absolute atomic E-state index is 0.00788. The van der Waals surface area contributed by atoms with Crippen LogP contribution in [0.2, 0.25) is 0 Å². The third-order valence-corrected chi connectivity index (χ3v) is 3.95. The van der Waals surface area contributed by atoms with E-state index in [1.807, 2.05) is 6.92 Å². The second kappa shape index (κ2) is 4.74. The van der Waals surface area contributed by atoms with Gasteiger partial charge in [-0.25, -0.2) is 0 Å². The lowest BCUT2D eigenvalue weighted by atomic mass is 9.90. The lowest BCUT2D eigenvalue weighted by molar-refractivity contribution is -0.151. The summed E-state index contributed by atoms with van der Waals surface area (Å²) in [5, 5.41) is 0. The molecule has 92 valence electrons. The molecule has 0 spiro atoms. The van der Waals surface area contributed by atoms with Gasteiger partial charge in [0.05, 0.1) is 24.7 Å². The molecule has 1 heterocycles. The third kappa shape index (κ3) is 2.76. The van der Waals surface area contributed by atoms with Gasteiger partial charge in [-0.15, -0.1) is 0 Å². The Hall–Kier alpha value is -0.570. The average molecular weight is 226 g/mol. The third-order valence-electron chi connectivity index (χ3n) is 3.95. The minimum atomic E-state index is -0.0474. The van der Waals surface area contributed by atoms with Crippen molar-refractivity contribution in [2.24, 2.45) is 17.8 Å². The Morgan fingerprint density at radius 3 is 2.69 bits per heavy atom. The number of hydrogen-bond donors (Lipinski definition) is 0. The van der Waals surface area contributed by atoms with Crippen molar-refractivity contribution in [1.82, 2.24) is 0 Å². The van der Waals surface area contributed by atoms with E-state index in [-0.39, 0.29) is 11.9 Å². The van der Waals surface area contributed by atoms with Crippen molar-refractivity contribution < 1.29 is 14.3 Å².